The maximum absolute atomic E-state index is 13.4. The van der Waals surface area contributed by atoms with Crippen LogP contribution in [0.4, 0.5) is 4.39 Å². The maximum Gasteiger partial charge on any atom is 0.251 e. The number of nitrogens with one attached hydrogen (secondary N) is 1. The smallest absolute Gasteiger partial charge is 0.251 e. The third-order valence-corrected chi connectivity index (χ3v) is 7.76. The van der Waals surface area contributed by atoms with Crippen LogP contribution in [0.1, 0.15) is 39.9 Å². The number of thioether (sulfide) groups is 1. The number of aromatic nitrogens is 3. The Bertz CT molecular complexity index is 1560. The molecular weight excluding hydrogens is 519 g/mol. The minimum absolute atomic E-state index is 0.0935. The Morgan fingerprint density at radius 3 is 2.63 bits per heavy atom. The van der Waals surface area contributed by atoms with E-state index in [1.54, 1.807) is 18.5 Å². The van der Waals surface area contributed by atoms with Crippen LogP contribution in [0, 0.1) is 5.82 Å². The number of carbonyl (C=O) groups is 1. The molecule has 0 bridgehead atoms. The molecule has 0 aliphatic heterocycles. The fraction of sp³-hybridized carbons (Fsp3) is 0.167. The third-order valence-electron chi connectivity index (χ3n) is 6.38. The van der Waals surface area contributed by atoms with Crippen LogP contribution < -0.4 is 5.32 Å². The number of hydrogen-bond acceptors (Lipinski definition) is 4. The van der Waals surface area contributed by atoms with Gasteiger partial charge in [0.15, 0.2) is 5.16 Å². The van der Waals surface area contributed by atoms with Crippen molar-refractivity contribution in [2.45, 2.75) is 30.3 Å². The average Bonchev–Trinajstić information content (AvgIpc) is 3.29. The van der Waals surface area contributed by atoms with Crippen molar-refractivity contribution in [2.24, 2.45) is 0 Å². The molecule has 8 heteroatoms. The zero-order valence-electron chi connectivity index (χ0n) is 20.8. The lowest BCUT2D eigenvalue weighted by Gasteiger charge is -2.13. The molecule has 1 N–H and O–H groups in total. The number of rotatable bonds is 9. The highest BCUT2D eigenvalue weighted by Gasteiger charge is 2.14. The summed E-state index contributed by atoms with van der Waals surface area (Å²) in [6.45, 7) is 3.23. The number of carbonyl (C=O) groups excluding carboxylic acids is 1. The molecule has 2 aromatic heterocycles. The fourth-order valence-corrected chi connectivity index (χ4v) is 5.51. The molecule has 1 amide bonds. The van der Waals surface area contributed by atoms with Gasteiger partial charge in [0.25, 0.3) is 5.91 Å². The van der Waals surface area contributed by atoms with E-state index in [9.17, 15) is 9.18 Å². The van der Waals surface area contributed by atoms with E-state index in [1.165, 1.54) is 29.5 Å². The second-order valence-electron chi connectivity index (χ2n) is 9.09. The van der Waals surface area contributed by atoms with E-state index < -0.39 is 0 Å². The van der Waals surface area contributed by atoms with Crippen molar-refractivity contribution in [2.75, 3.05) is 6.54 Å². The van der Waals surface area contributed by atoms with Gasteiger partial charge < -0.3 is 9.88 Å². The first-order valence-electron chi connectivity index (χ1n) is 12.3. The number of halogens is 2. The van der Waals surface area contributed by atoms with Gasteiger partial charge in [0.05, 0.1) is 23.8 Å². The largest absolute Gasteiger partial charge is 0.351 e. The average molecular weight is 545 g/mol. The number of amides is 1. The highest BCUT2D eigenvalue weighted by atomic mass is 35.5. The van der Waals surface area contributed by atoms with Gasteiger partial charge in [-0.15, -0.1) is 0 Å². The second-order valence-corrected chi connectivity index (χ2v) is 10.4. The maximum atomic E-state index is 13.4. The van der Waals surface area contributed by atoms with Crippen LogP contribution in [0.2, 0.25) is 5.02 Å². The van der Waals surface area contributed by atoms with E-state index in [0.717, 1.165) is 27.3 Å². The normalized spacial score (nSPS) is 12.0. The zero-order chi connectivity index (χ0) is 26.5. The molecule has 1 atom stereocenters. The monoisotopic (exact) mass is 544 g/mol. The quantitative estimate of drug-likeness (QED) is 0.201. The van der Waals surface area contributed by atoms with E-state index in [-0.39, 0.29) is 17.6 Å². The van der Waals surface area contributed by atoms with Crippen LogP contribution in [-0.4, -0.2) is 27.0 Å². The number of nitrogens with zero attached hydrogens (tertiary/aromatic N) is 3. The SMILES string of the molecule is C[C@@H](CNC(=O)c1ccc(Cn2c(SCc3ccc(F)cc3Cl)nc3ccncc32)cc1)c1ccccc1. The highest BCUT2D eigenvalue weighted by Crippen LogP contribution is 2.30. The second kappa shape index (κ2) is 11.8. The lowest BCUT2D eigenvalue weighted by molar-refractivity contribution is 0.0951. The molecule has 2 heterocycles. The van der Waals surface area contributed by atoms with E-state index in [1.807, 2.05) is 48.5 Å². The standard InChI is InChI=1S/C30H26ClFN4OS/c1-20(22-5-3-2-4-6-22)16-34-29(37)23-9-7-21(8-10-23)18-36-28-17-33-14-13-27(28)35-30(36)38-19-24-11-12-25(32)15-26(24)31/h2-15,17,20H,16,18-19H2,1H3,(H,34,37)/t20-/m0/s1. The van der Waals surface area contributed by atoms with Gasteiger partial charge >= 0.3 is 0 Å². The van der Waals surface area contributed by atoms with Crippen LogP contribution in [-0.2, 0) is 12.3 Å². The van der Waals surface area contributed by atoms with Crippen LogP contribution in [0.15, 0.2) is 96.4 Å². The molecule has 192 valence electrons. The Kier molecular flexibility index (Phi) is 8.05. The van der Waals surface area contributed by atoms with Crippen molar-refractivity contribution in [1.82, 2.24) is 19.9 Å². The van der Waals surface area contributed by atoms with Gasteiger partial charge in [-0.2, -0.15) is 0 Å². The first-order valence-corrected chi connectivity index (χ1v) is 13.6. The van der Waals surface area contributed by atoms with Crippen LogP contribution >= 0.6 is 23.4 Å². The Balaban J connectivity index is 1.28. The van der Waals surface area contributed by atoms with Crippen molar-refractivity contribution in [3.63, 3.8) is 0 Å². The Hall–Kier alpha value is -3.68. The summed E-state index contributed by atoms with van der Waals surface area (Å²) >= 11 is 7.77. The first-order chi connectivity index (χ1) is 18.5. The van der Waals surface area contributed by atoms with Crippen molar-refractivity contribution >= 4 is 40.3 Å². The van der Waals surface area contributed by atoms with Gasteiger partial charge in [0, 0.05) is 29.1 Å². The number of hydrogen-bond donors (Lipinski definition) is 1. The highest BCUT2D eigenvalue weighted by molar-refractivity contribution is 7.98. The summed E-state index contributed by atoms with van der Waals surface area (Å²) in [6, 6.07) is 24.1. The number of pyridine rings is 1. The fourth-order valence-electron chi connectivity index (χ4n) is 4.18. The summed E-state index contributed by atoms with van der Waals surface area (Å²) in [5.74, 6) is 0.327. The lowest BCUT2D eigenvalue weighted by Crippen LogP contribution is -2.27. The van der Waals surface area contributed by atoms with E-state index in [0.29, 0.717) is 29.4 Å². The molecule has 0 fully saturated rings. The Morgan fingerprint density at radius 1 is 1.08 bits per heavy atom. The number of fused-ring (bicyclic) bond motifs is 1. The predicted octanol–water partition coefficient (Wildman–Crippen LogP) is 7.10. The molecule has 0 radical (unpaired) electrons. The van der Waals surface area contributed by atoms with Crippen molar-refractivity contribution in [1.29, 1.82) is 0 Å². The van der Waals surface area contributed by atoms with Gasteiger partial charge in [0.1, 0.15) is 5.82 Å². The summed E-state index contributed by atoms with van der Waals surface area (Å²) < 4.78 is 15.5. The summed E-state index contributed by atoms with van der Waals surface area (Å²) in [6.07, 6.45) is 3.52. The molecule has 0 aliphatic carbocycles. The van der Waals surface area contributed by atoms with Crippen LogP contribution in [0.3, 0.4) is 0 Å². The van der Waals surface area contributed by atoms with Gasteiger partial charge in [-0.05, 0) is 52.9 Å². The summed E-state index contributed by atoms with van der Waals surface area (Å²) in [7, 11) is 0. The molecule has 0 unspecified atom stereocenters. The Morgan fingerprint density at radius 2 is 1.87 bits per heavy atom. The van der Waals surface area contributed by atoms with Gasteiger partial charge in [-0.1, -0.05) is 78.8 Å². The predicted molar refractivity (Wildman–Crippen MR) is 151 cm³/mol. The van der Waals surface area contributed by atoms with Gasteiger partial charge in [-0.25, -0.2) is 9.37 Å². The van der Waals surface area contributed by atoms with E-state index in [2.05, 4.69) is 33.9 Å². The molecule has 5 nitrogen and oxygen atoms in total. The third kappa shape index (κ3) is 6.06. The van der Waals surface area contributed by atoms with Gasteiger partial charge in [-0.3, -0.25) is 9.78 Å². The molecule has 3 aromatic carbocycles. The Labute approximate surface area is 230 Å². The van der Waals surface area contributed by atoms with Crippen molar-refractivity contribution in [3.05, 3.63) is 124 Å². The molecule has 5 rings (SSSR count). The summed E-state index contributed by atoms with van der Waals surface area (Å²) in [5.41, 5.74) is 5.44. The molecule has 5 aromatic rings. The summed E-state index contributed by atoms with van der Waals surface area (Å²) in [5, 5.41) is 4.24. The molecular formula is C30H26ClFN4OS. The molecule has 0 saturated carbocycles. The van der Waals surface area contributed by atoms with Crippen molar-refractivity contribution in [3.8, 4) is 0 Å². The van der Waals surface area contributed by atoms with E-state index in [4.69, 9.17) is 16.6 Å². The topological polar surface area (TPSA) is 59.8 Å². The van der Waals surface area contributed by atoms with Crippen LogP contribution in [0.5, 0.6) is 0 Å². The van der Waals surface area contributed by atoms with Crippen LogP contribution in [0.25, 0.3) is 11.0 Å². The minimum Gasteiger partial charge on any atom is -0.351 e. The minimum atomic E-state index is -0.357. The molecule has 38 heavy (non-hydrogen) atoms. The van der Waals surface area contributed by atoms with E-state index >= 15 is 0 Å². The molecule has 0 saturated heterocycles. The van der Waals surface area contributed by atoms with Gasteiger partial charge in [0.2, 0.25) is 0 Å². The summed E-state index contributed by atoms with van der Waals surface area (Å²) in [4.78, 5) is 21.8. The molecule has 0 spiro atoms. The first kappa shape index (κ1) is 25.9. The lowest BCUT2D eigenvalue weighted by atomic mass is 10.0. The van der Waals surface area contributed by atoms with Crippen molar-refractivity contribution < 1.29 is 9.18 Å². The zero-order valence-corrected chi connectivity index (χ0v) is 22.3. The number of imidazole rings is 1. The number of benzene rings is 3. The molecule has 0 aliphatic rings.